The highest BCUT2D eigenvalue weighted by atomic mass is 35.5. The molecule has 5 nitrogen and oxygen atoms in total. The van der Waals surface area contributed by atoms with Gasteiger partial charge in [0.15, 0.2) is 17.5 Å². The minimum atomic E-state index is -0.677. The fourth-order valence-electron chi connectivity index (χ4n) is 7.03. The third-order valence-corrected chi connectivity index (χ3v) is 9.58. The summed E-state index contributed by atoms with van der Waals surface area (Å²) >= 11 is 12.8. The smallest absolute Gasteiger partial charge is 0.209 e. The molecular weight excluding hydrogens is 563 g/mol. The largest absolute Gasteiger partial charge is 0.762 e. The summed E-state index contributed by atoms with van der Waals surface area (Å²) in [5.74, 6) is 1.36. The van der Waals surface area contributed by atoms with Crippen molar-refractivity contribution in [1.29, 1.82) is 5.26 Å². The number of rotatable bonds is 6. The van der Waals surface area contributed by atoms with Crippen LogP contribution in [0.5, 0.6) is 0 Å². The summed E-state index contributed by atoms with van der Waals surface area (Å²) in [6.45, 7) is 17.0. The van der Waals surface area contributed by atoms with Crippen molar-refractivity contribution in [1.82, 2.24) is 0 Å². The van der Waals surface area contributed by atoms with Gasteiger partial charge in [0.1, 0.15) is 6.07 Å². The molecule has 42 heavy (non-hydrogen) atoms. The zero-order chi connectivity index (χ0) is 30.9. The Bertz CT molecular complexity index is 1730. The second kappa shape index (κ2) is 10.4. The molecule has 5 rings (SSSR count). The van der Waals surface area contributed by atoms with E-state index in [2.05, 4.69) is 76.8 Å². The van der Waals surface area contributed by atoms with Gasteiger partial charge in [-0.15, -0.1) is 0 Å². The molecule has 1 unspecified atom stereocenters. The van der Waals surface area contributed by atoms with Crippen molar-refractivity contribution in [3.05, 3.63) is 91.5 Å². The number of nitriles is 1. The predicted octanol–water partition coefficient (Wildman–Crippen LogP) is 8.44. The molecule has 1 atom stereocenters. The first kappa shape index (κ1) is 30.1. The first-order chi connectivity index (χ1) is 19.7. The number of hydrogen-bond donors (Lipinski definition) is 0. The number of benzene rings is 2. The van der Waals surface area contributed by atoms with Gasteiger partial charge in [-0.05, 0) is 89.1 Å². The third-order valence-electron chi connectivity index (χ3n) is 9.11. The lowest BCUT2D eigenvalue weighted by molar-refractivity contribution is -0.474. The van der Waals surface area contributed by atoms with E-state index in [4.69, 9.17) is 23.2 Å². The van der Waals surface area contributed by atoms with Gasteiger partial charge in [-0.1, -0.05) is 37.0 Å². The molecule has 0 saturated heterocycles. The molecule has 0 saturated carbocycles. The number of Topliss-reactive ketones (excluding diaryl/α,β-unsaturated/α-hetero) is 1. The van der Waals surface area contributed by atoms with Crippen LogP contribution in [0.25, 0.3) is 5.41 Å². The lowest BCUT2D eigenvalue weighted by atomic mass is 9.67. The van der Waals surface area contributed by atoms with Gasteiger partial charge in [-0.3, -0.25) is 10.7 Å². The van der Waals surface area contributed by atoms with Gasteiger partial charge in [0.2, 0.25) is 5.69 Å². The summed E-state index contributed by atoms with van der Waals surface area (Å²) in [4.78, 5) is 16.3. The van der Waals surface area contributed by atoms with Gasteiger partial charge in [0.25, 0.3) is 0 Å². The molecule has 2 aromatic rings. The van der Waals surface area contributed by atoms with Crippen LogP contribution in [-0.2, 0) is 15.6 Å². The number of fused-ring (bicyclic) bond motifs is 2. The van der Waals surface area contributed by atoms with Gasteiger partial charge in [0, 0.05) is 50.1 Å². The number of nitrogens with zero attached hydrogens (tertiary/aromatic N) is 4. The fraction of sp³-hybridized carbons (Fsp3) is 0.400. The molecule has 2 aliphatic heterocycles. The zero-order valence-electron chi connectivity index (χ0n) is 25.4. The van der Waals surface area contributed by atoms with E-state index in [0.717, 1.165) is 33.9 Å². The third kappa shape index (κ3) is 4.40. The maximum atomic E-state index is 14.1. The van der Waals surface area contributed by atoms with Crippen LogP contribution in [0.15, 0.2) is 64.9 Å². The number of carbonyl (C=O) groups excluding carboxylic acids is 1. The van der Waals surface area contributed by atoms with Crippen LogP contribution in [0.1, 0.15) is 72.9 Å². The molecular formula is C35H36Cl2N4O. The van der Waals surface area contributed by atoms with Crippen molar-refractivity contribution in [2.24, 2.45) is 5.92 Å². The molecule has 3 aliphatic rings. The van der Waals surface area contributed by atoms with E-state index in [1.54, 1.807) is 0 Å². The highest BCUT2D eigenvalue weighted by Gasteiger charge is 2.51. The summed E-state index contributed by atoms with van der Waals surface area (Å²) < 4.78 is 2.27. The van der Waals surface area contributed by atoms with Gasteiger partial charge >= 0.3 is 0 Å². The van der Waals surface area contributed by atoms with E-state index in [9.17, 15) is 15.5 Å². The average Bonchev–Trinajstić information content (AvgIpc) is 3.28. The standard InChI is InChI=1S/C35H36Cl2N4O/c1-19(2)40-28-11-9-22(36)13-26(28)34(5,6)30(40)15-24-32(21(17-38)18-39)25(33(24)42)16-31-35(7,8)27-14-23(37)10-12-29(27)41(31)20(3)4/h9-15,19-20,24H,16H2,1-8H3/b30-15-. The summed E-state index contributed by atoms with van der Waals surface area (Å²) in [6, 6.07) is 14.2. The molecule has 0 spiro atoms. The van der Waals surface area contributed by atoms with E-state index in [1.165, 1.54) is 0 Å². The molecule has 0 bridgehead atoms. The number of halogens is 2. The highest BCUT2D eigenvalue weighted by Crippen LogP contribution is 2.52. The van der Waals surface area contributed by atoms with Crippen molar-refractivity contribution in [2.75, 3.05) is 4.90 Å². The Labute approximate surface area is 259 Å². The van der Waals surface area contributed by atoms with E-state index in [-0.39, 0.29) is 23.4 Å². The molecule has 2 aromatic carbocycles. The van der Waals surface area contributed by atoms with Gasteiger partial charge in [-0.25, -0.2) is 0 Å². The summed E-state index contributed by atoms with van der Waals surface area (Å²) in [7, 11) is 0. The molecule has 0 fully saturated rings. The molecule has 0 amide bonds. The Hall–Kier alpha value is -3.42. The predicted molar refractivity (Wildman–Crippen MR) is 172 cm³/mol. The maximum absolute atomic E-state index is 14.1. The SMILES string of the molecule is CC(C)N1/C(=C\C2C(=O)C(CC3=[N+](C(C)C)c4ccc(Cl)cc4C3(C)C)=C2C(=C=[N-])C#N)C(C)(C)c2cc(Cl)ccc21. The first-order valence-electron chi connectivity index (χ1n) is 14.4. The molecule has 0 aromatic heterocycles. The van der Waals surface area contributed by atoms with Crippen LogP contribution in [-0.4, -0.2) is 34.0 Å². The minimum Gasteiger partial charge on any atom is -0.762 e. The van der Waals surface area contributed by atoms with Gasteiger partial charge < -0.3 is 10.3 Å². The lowest BCUT2D eigenvalue weighted by Gasteiger charge is -2.35. The maximum Gasteiger partial charge on any atom is 0.209 e. The fourth-order valence-corrected chi connectivity index (χ4v) is 7.37. The quantitative estimate of drug-likeness (QED) is 0.190. The van der Waals surface area contributed by atoms with Crippen LogP contribution in [0.2, 0.25) is 10.0 Å². The molecule has 1 aliphatic carbocycles. The Kier molecular flexibility index (Phi) is 7.43. The second-order valence-corrected chi connectivity index (χ2v) is 13.9. The number of anilines is 1. The lowest BCUT2D eigenvalue weighted by Crippen LogP contribution is -2.39. The van der Waals surface area contributed by atoms with E-state index < -0.39 is 16.7 Å². The minimum absolute atomic E-state index is 0.00744. The van der Waals surface area contributed by atoms with E-state index in [1.807, 2.05) is 42.5 Å². The van der Waals surface area contributed by atoms with Crippen LogP contribution in [0, 0.1) is 17.2 Å². The van der Waals surface area contributed by atoms with Crippen LogP contribution < -0.4 is 4.90 Å². The van der Waals surface area contributed by atoms with Gasteiger partial charge in [0.05, 0.1) is 23.3 Å². The van der Waals surface area contributed by atoms with Crippen LogP contribution >= 0.6 is 23.2 Å². The number of allylic oxidation sites excluding steroid dienone is 5. The topological polar surface area (TPSA) is 69.4 Å². The molecule has 0 N–H and O–H groups in total. The first-order valence-corrected chi connectivity index (χ1v) is 15.1. The number of carbonyl (C=O) groups is 1. The zero-order valence-corrected chi connectivity index (χ0v) is 26.9. The molecule has 2 heterocycles. The monoisotopic (exact) mass is 598 g/mol. The normalized spacial score (nSPS) is 21.1. The van der Waals surface area contributed by atoms with Crippen molar-refractivity contribution in [3.8, 4) is 6.07 Å². The Balaban J connectivity index is 1.66. The second-order valence-electron chi connectivity index (χ2n) is 13.0. The Morgan fingerprint density at radius 2 is 1.67 bits per heavy atom. The summed E-state index contributed by atoms with van der Waals surface area (Å²) in [5.41, 5.74) is 6.59. The molecule has 7 heteroatoms. The van der Waals surface area contributed by atoms with Crippen molar-refractivity contribution >= 4 is 51.9 Å². The Morgan fingerprint density at radius 1 is 1.05 bits per heavy atom. The molecule has 0 radical (unpaired) electrons. The van der Waals surface area contributed by atoms with Crippen molar-refractivity contribution < 1.29 is 9.37 Å². The number of ketones is 1. The average molecular weight is 600 g/mol. The summed E-state index contributed by atoms with van der Waals surface area (Å²) in [6.07, 6.45) is 2.33. The highest BCUT2D eigenvalue weighted by molar-refractivity contribution is 6.31. The van der Waals surface area contributed by atoms with Gasteiger partial charge in [-0.2, -0.15) is 9.84 Å². The number of hydrogen-bond acceptors (Lipinski definition) is 3. The van der Waals surface area contributed by atoms with Crippen molar-refractivity contribution in [2.45, 2.75) is 84.7 Å². The van der Waals surface area contributed by atoms with Crippen molar-refractivity contribution in [3.63, 3.8) is 0 Å². The van der Waals surface area contributed by atoms with E-state index in [0.29, 0.717) is 27.6 Å². The Morgan fingerprint density at radius 3 is 2.24 bits per heavy atom. The van der Waals surface area contributed by atoms with Crippen LogP contribution in [0.4, 0.5) is 11.4 Å². The van der Waals surface area contributed by atoms with Crippen LogP contribution in [0.3, 0.4) is 0 Å². The molecule has 216 valence electrons. The van der Waals surface area contributed by atoms with E-state index >= 15 is 0 Å². The summed E-state index contributed by atoms with van der Waals surface area (Å²) in [5, 5.41) is 21.3.